The van der Waals surface area contributed by atoms with Crippen LogP contribution in [-0.4, -0.2) is 25.3 Å². The topological polar surface area (TPSA) is 111 Å². The molecule has 0 spiro atoms. The zero-order valence-corrected chi connectivity index (χ0v) is 12.1. The summed E-state index contributed by atoms with van der Waals surface area (Å²) in [4.78, 5) is 15.4. The number of nitrogens with one attached hydrogen (secondary N) is 1. The number of nitrogens with zero attached hydrogens (tertiary/aromatic N) is 3. The van der Waals surface area contributed by atoms with Crippen molar-refractivity contribution in [3.63, 3.8) is 0 Å². The van der Waals surface area contributed by atoms with Crippen LogP contribution in [0.2, 0.25) is 0 Å². The highest BCUT2D eigenvalue weighted by Gasteiger charge is 2.13. The van der Waals surface area contributed by atoms with Crippen molar-refractivity contribution in [2.45, 2.75) is 0 Å². The molecule has 1 aromatic carbocycles. The number of aromatic nitrogens is 1. The Kier molecular flexibility index (Phi) is 4.86. The van der Waals surface area contributed by atoms with Gasteiger partial charge in [0.2, 0.25) is 0 Å². The molecular formula is C14H15N5O3. The summed E-state index contributed by atoms with van der Waals surface area (Å²) < 4.78 is 9.62. The van der Waals surface area contributed by atoms with Gasteiger partial charge >= 0.3 is 6.09 Å². The van der Waals surface area contributed by atoms with E-state index in [2.05, 4.69) is 25.3 Å². The molecule has 1 heterocycles. The van der Waals surface area contributed by atoms with Crippen LogP contribution >= 0.6 is 0 Å². The molecule has 0 aliphatic carbocycles. The first-order valence-electron chi connectivity index (χ1n) is 6.30. The monoisotopic (exact) mass is 301 g/mol. The summed E-state index contributed by atoms with van der Waals surface area (Å²) in [7, 11) is 2.70. The van der Waals surface area contributed by atoms with Gasteiger partial charge in [-0.3, -0.25) is 5.32 Å². The molecule has 3 N–H and O–H groups in total. The zero-order valence-electron chi connectivity index (χ0n) is 12.1. The molecule has 114 valence electrons. The molecule has 0 radical (unpaired) electrons. The molecule has 2 rings (SSSR count). The van der Waals surface area contributed by atoms with E-state index in [0.717, 1.165) is 0 Å². The number of anilines is 2. The van der Waals surface area contributed by atoms with Crippen LogP contribution in [0.15, 0.2) is 46.6 Å². The molecule has 0 aliphatic rings. The number of ether oxygens (including phenoxy) is 2. The molecule has 2 aromatic rings. The highest BCUT2D eigenvalue weighted by atomic mass is 16.5. The first kappa shape index (κ1) is 15.2. The Morgan fingerprint density at radius 1 is 1.23 bits per heavy atom. The van der Waals surface area contributed by atoms with E-state index < -0.39 is 6.09 Å². The number of rotatable bonds is 4. The lowest BCUT2D eigenvalue weighted by Crippen LogP contribution is -2.13. The SMILES string of the molecule is COC(=O)Nc1nc(N)c(OC)cc1/N=N/c1ccccc1. The first-order valence-corrected chi connectivity index (χ1v) is 6.30. The van der Waals surface area contributed by atoms with Crippen molar-refractivity contribution in [3.8, 4) is 5.75 Å². The average molecular weight is 301 g/mol. The highest BCUT2D eigenvalue weighted by molar-refractivity contribution is 5.87. The van der Waals surface area contributed by atoms with Gasteiger partial charge in [-0.2, -0.15) is 5.11 Å². The zero-order chi connectivity index (χ0) is 15.9. The molecule has 1 aromatic heterocycles. The molecule has 8 heteroatoms. The molecule has 22 heavy (non-hydrogen) atoms. The third kappa shape index (κ3) is 3.69. The molecular weight excluding hydrogens is 286 g/mol. The fraction of sp³-hybridized carbons (Fsp3) is 0.143. The first-order chi connectivity index (χ1) is 10.6. The molecule has 1 amide bonds. The minimum Gasteiger partial charge on any atom is -0.493 e. The van der Waals surface area contributed by atoms with E-state index in [-0.39, 0.29) is 11.6 Å². The number of nitrogen functional groups attached to an aromatic ring is 1. The Morgan fingerprint density at radius 3 is 2.59 bits per heavy atom. The van der Waals surface area contributed by atoms with Gasteiger partial charge in [-0.05, 0) is 12.1 Å². The lowest BCUT2D eigenvalue weighted by Gasteiger charge is -2.09. The van der Waals surface area contributed by atoms with Gasteiger partial charge in [0.05, 0.1) is 19.9 Å². The number of nitrogens with two attached hydrogens (primary N) is 1. The number of azo groups is 1. The second-order valence-electron chi connectivity index (χ2n) is 4.10. The molecule has 0 unspecified atom stereocenters. The number of benzene rings is 1. The molecule has 0 saturated heterocycles. The van der Waals surface area contributed by atoms with Crippen LogP contribution in [0.25, 0.3) is 0 Å². The lowest BCUT2D eigenvalue weighted by molar-refractivity contribution is 0.187. The van der Waals surface area contributed by atoms with Crippen LogP contribution in [0.5, 0.6) is 5.75 Å². The second-order valence-corrected chi connectivity index (χ2v) is 4.10. The van der Waals surface area contributed by atoms with E-state index in [1.807, 2.05) is 18.2 Å². The van der Waals surface area contributed by atoms with Crippen LogP contribution in [-0.2, 0) is 4.74 Å². The van der Waals surface area contributed by atoms with Gasteiger partial charge in [-0.25, -0.2) is 9.78 Å². The Balaban J connectivity index is 2.38. The third-order valence-corrected chi connectivity index (χ3v) is 2.65. The van der Waals surface area contributed by atoms with Crippen LogP contribution in [0.3, 0.4) is 0 Å². The quantitative estimate of drug-likeness (QED) is 0.842. The minimum atomic E-state index is -0.687. The van der Waals surface area contributed by atoms with Crippen molar-refractivity contribution in [2.24, 2.45) is 10.2 Å². The van der Waals surface area contributed by atoms with E-state index in [0.29, 0.717) is 17.1 Å². The minimum absolute atomic E-state index is 0.118. The Labute approximate surface area is 127 Å². The predicted octanol–water partition coefficient (Wildman–Crippen LogP) is 3.27. The largest absolute Gasteiger partial charge is 0.493 e. The van der Waals surface area contributed by atoms with E-state index >= 15 is 0 Å². The Hall–Kier alpha value is -3.16. The van der Waals surface area contributed by atoms with Crippen molar-refractivity contribution in [1.29, 1.82) is 0 Å². The van der Waals surface area contributed by atoms with Gasteiger partial charge in [-0.15, -0.1) is 5.11 Å². The number of methoxy groups -OCH3 is 2. The van der Waals surface area contributed by atoms with E-state index in [4.69, 9.17) is 10.5 Å². The van der Waals surface area contributed by atoms with Gasteiger partial charge in [0.15, 0.2) is 17.4 Å². The fourth-order valence-electron chi connectivity index (χ4n) is 1.58. The van der Waals surface area contributed by atoms with Gasteiger partial charge in [0.1, 0.15) is 5.69 Å². The summed E-state index contributed by atoms with van der Waals surface area (Å²) >= 11 is 0. The van der Waals surface area contributed by atoms with Gasteiger partial charge in [0, 0.05) is 6.07 Å². The van der Waals surface area contributed by atoms with Crippen molar-refractivity contribution in [3.05, 3.63) is 36.4 Å². The Morgan fingerprint density at radius 2 is 1.95 bits per heavy atom. The van der Waals surface area contributed by atoms with Gasteiger partial charge in [-0.1, -0.05) is 18.2 Å². The smallest absolute Gasteiger partial charge is 0.412 e. The standard InChI is InChI=1S/C14H15N5O3/c1-21-11-8-10(19-18-9-6-4-3-5-7-9)13(16-12(11)15)17-14(20)22-2/h3-8H,1-2H3,(H3,15,16,17,20)/b19-18+. The molecule has 0 fully saturated rings. The highest BCUT2D eigenvalue weighted by Crippen LogP contribution is 2.32. The van der Waals surface area contributed by atoms with Crippen molar-refractivity contribution in [1.82, 2.24) is 4.98 Å². The van der Waals surface area contributed by atoms with Crippen molar-refractivity contribution in [2.75, 3.05) is 25.3 Å². The third-order valence-electron chi connectivity index (χ3n) is 2.65. The molecule has 8 nitrogen and oxygen atoms in total. The molecule has 0 aliphatic heterocycles. The van der Waals surface area contributed by atoms with Crippen LogP contribution in [0.4, 0.5) is 27.8 Å². The predicted molar refractivity (Wildman–Crippen MR) is 81.8 cm³/mol. The summed E-state index contributed by atoms with van der Waals surface area (Å²) in [6, 6.07) is 10.7. The van der Waals surface area contributed by atoms with Crippen LogP contribution < -0.4 is 15.8 Å². The second kappa shape index (κ2) is 7.02. The summed E-state index contributed by atoms with van der Waals surface area (Å²) in [5.74, 6) is 0.579. The van der Waals surface area contributed by atoms with E-state index in [1.54, 1.807) is 12.1 Å². The number of carbonyl (C=O) groups is 1. The Bertz CT molecular complexity index is 688. The lowest BCUT2D eigenvalue weighted by atomic mass is 10.3. The van der Waals surface area contributed by atoms with Crippen molar-refractivity contribution >= 4 is 29.1 Å². The maximum Gasteiger partial charge on any atom is 0.412 e. The normalized spacial score (nSPS) is 10.5. The summed E-state index contributed by atoms with van der Waals surface area (Å²) in [6.45, 7) is 0. The number of hydrogen-bond acceptors (Lipinski definition) is 7. The van der Waals surface area contributed by atoms with Crippen LogP contribution in [0, 0.1) is 0 Å². The van der Waals surface area contributed by atoms with Gasteiger partial charge in [0.25, 0.3) is 0 Å². The van der Waals surface area contributed by atoms with E-state index in [9.17, 15) is 4.79 Å². The maximum atomic E-state index is 11.4. The van der Waals surface area contributed by atoms with Crippen LogP contribution in [0.1, 0.15) is 0 Å². The molecule has 0 saturated carbocycles. The molecule has 0 atom stereocenters. The summed E-state index contributed by atoms with van der Waals surface area (Å²) in [5, 5.41) is 10.6. The van der Waals surface area contributed by atoms with Crippen molar-refractivity contribution < 1.29 is 14.3 Å². The number of carbonyl (C=O) groups excluding carboxylic acids is 1. The summed E-state index contributed by atoms with van der Waals surface area (Å²) in [5.41, 5.74) is 6.67. The fourth-order valence-corrected chi connectivity index (χ4v) is 1.58. The molecule has 0 bridgehead atoms. The number of amides is 1. The maximum absolute atomic E-state index is 11.4. The summed E-state index contributed by atoms with van der Waals surface area (Å²) in [6.07, 6.45) is -0.687. The van der Waals surface area contributed by atoms with E-state index in [1.165, 1.54) is 20.3 Å². The number of pyridine rings is 1. The van der Waals surface area contributed by atoms with Gasteiger partial charge < -0.3 is 15.2 Å². The number of hydrogen-bond donors (Lipinski definition) is 2. The average Bonchev–Trinajstić information content (AvgIpc) is 2.55.